The molecule has 0 aliphatic heterocycles. The molecule has 9 heteroatoms. The van der Waals surface area contributed by atoms with Gasteiger partial charge in [0.25, 0.3) is 0 Å². The lowest BCUT2D eigenvalue weighted by Crippen LogP contribution is -2.49. The smallest absolute Gasteiger partial charge is 0.224 e. The normalized spacial score (nSPS) is 19.5. The highest BCUT2D eigenvalue weighted by molar-refractivity contribution is 5.85. The maximum absolute atomic E-state index is 13.9. The van der Waals surface area contributed by atoms with Crippen molar-refractivity contribution in [2.24, 2.45) is 17.8 Å². The van der Waals surface area contributed by atoms with Gasteiger partial charge in [0, 0.05) is 44.6 Å². The van der Waals surface area contributed by atoms with Crippen molar-refractivity contribution in [1.82, 2.24) is 15.5 Å². The van der Waals surface area contributed by atoms with Gasteiger partial charge in [-0.2, -0.15) is 0 Å². The Labute approximate surface area is 236 Å². The molecule has 40 heavy (non-hydrogen) atoms. The Morgan fingerprint density at radius 2 is 1.73 bits per heavy atom. The fourth-order valence-electron chi connectivity index (χ4n) is 5.36. The summed E-state index contributed by atoms with van der Waals surface area (Å²) in [5.41, 5.74) is 1.29. The van der Waals surface area contributed by atoms with Crippen LogP contribution in [0.3, 0.4) is 0 Å². The average Bonchev–Trinajstić information content (AvgIpc) is 3.55. The number of aliphatic hydroxyl groups excluding tert-OH is 1. The second-order valence-corrected chi connectivity index (χ2v) is 10.8. The van der Waals surface area contributed by atoms with Gasteiger partial charge in [0.15, 0.2) is 0 Å². The minimum Gasteiger partial charge on any atom is -0.497 e. The standard InChI is InChI=1S/C31H43F2N3O4/c1-5-10-36(11-6-2)29(38)17-26-20(3)30(26)31(39)35-27(15-22-12-23(32)16-24(33)13-22)28(37)19-34-18-21-8-7-9-25(14-21)40-4/h7-9,12-14,16,20,26-28,30,34,37H,5-6,10-11,15,17-19H2,1-4H3,(H,35,39)/t20-,26-,27+,28+,30-/m1/s1. The van der Waals surface area contributed by atoms with E-state index in [1.54, 1.807) is 7.11 Å². The van der Waals surface area contributed by atoms with E-state index in [0.717, 1.165) is 30.2 Å². The van der Waals surface area contributed by atoms with Crippen LogP contribution in [0.4, 0.5) is 8.78 Å². The summed E-state index contributed by atoms with van der Waals surface area (Å²) in [4.78, 5) is 28.0. The third-order valence-electron chi connectivity index (χ3n) is 7.60. The molecule has 1 aliphatic carbocycles. The zero-order chi connectivity index (χ0) is 29.2. The maximum atomic E-state index is 13.9. The molecule has 1 saturated carbocycles. The molecule has 1 aliphatic rings. The van der Waals surface area contributed by atoms with Crippen LogP contribution in [0.2, 0.25) is 0 Å². The molecule has 0 heterocycles. The van der Waals surface area contributed by atoms with Crippen LogP contribution in [0.5, 0.6) is 5.75 Å². The maximum Gasteiger partial charge on any atom is 0.224 e. The summed E-state index contributed by atoms with van der Waals surface area (Å²) < 4.78 is 33.0. The van der Waals surface area contributed by atoms with Gasteiger partial charge in [0.05, 0.1) is 19.3 Å². The van der Waals surface area contributed by atoms with E-state index >= 15 is 0 Å². The Balaban J connectivity index is 1.65. The fraction of sp³-hybridized carbons (Fsp3) is 0.548. The lowest BCUT2D eigenvalue weighted by Gasteiger charge is -2.25. The first-order valence-corrected chi connectivity index (χ1v) is 14.2. The second kappa shape index (κ2) is 15.1. The summed E-state index contributed by atoms with van der Waals surface area (Å²) in [6, 6.07) is 9.93. The van der Waals surface area contributed by atoms with Crippen LogP contribution >= 0.6 is 0 Å². The molecule has 3 rings (SSSR count). The van der Waals surface area contributed by atoms with Gasteiger partial charge in [-0.1, -0.05) is 32.9 Å². The third kappa shape index (κ3) is 8.99. The zero-order valence-electron chi connectivity index (χ0n) is 24.0. The average molecular weight is 560 g/mol. The van der Waals surface area contributed by atoms with E-state index in [1.807, 2.05) is 49.9 Å². The van der Waals surface area contributed by atoms with Crippen molar-refractivity contribution < 1.29 is 28.2 Å². The number of methoxy groups -OCH3 is 1. The highest BCUT2D eigenvalue weighted by Crippen LogP contribution is 2.48. The molecule has 220 valence electrons. The predicted molar refractivity (Wildman–Crippen MR) is 151 cm³/mol. The van der Waals surface area contributed by atoms with E-state index in [9.17, 15) is 23.5 Å². The van der Waals surface area contributed by atoms with Gasteiger partial charge >= 0.3 is 0 Å². The third-order valence-corrected chi connectivity index (χ3v) is 7.60. The van der Waals surface area contributed by atoms with Crippen LogP contribution in [0.25, 0.3) is 0 Å². The topological polar surface area (TPSA) is 90.9 Å². The Morgan fingerprint density at radius 3 is 2.35 bits per heavy atom. The van der Waals surface area contributed by atoms with Crippen molar-refractivity contribution in [2.45, 2.75) is 65.1 Å². The van der Waals surface area contributed by atoms with Crippen LogP contribution in [0.1, 0.15) is 51.2 Å². The van der Waals surface area contributed by atoms with Gasteiger partial charge in [0.2, 0.25) is 11.8 Å². The van der Waals surface area contributed by atoms with E-state index in [0.29, 0.717) is 31.6 Å². The van der Waals surface area contributed by atoms with E-state index in [1.165, 1.54) is 12.1 Å². The van der Waals surface area contributed by atoms with Crippen LogP contribution in [0.15, 0.2) is 42.5 Å². The number of carbonyl (C=O) groups excluding carboxylic acids is 2. The largest absolute Gasteiger partial charge is 0.497 e. The van der Waals surface area contributed by atoms with Crippen LogP contribution in [-0.4, -0.2) is 60.7 Å². The summed E-state index contributed by atoms with van der Waals surface area (Å²) >= 11 is 0. The number of nitrogens with zero attached hydrogens (tertiary/aromatic N) is 1. The van der Waals surface area contributed by atoms with Gasteiger partial charge in [-0.05, 0) is 66.5 Å². The first kappa shape index (κ1) is 31.5. The van der Waals surface area contributed by atoms with Crippen molar-refractivity contribution >= 4 is 11.8 Å². The highest BCUT2D eigenvalue weighted by atomic mass is 19.1. The minimum atomic E-state index is -1.03. The van der Waals surface area contributed by atoms with Crippen molar-refractivity contribution in [2.75, 3.05) is 26.7 Å². The molecule has 2 amide bonds. The predicted octanol–water partition coefficient (Wildman–Crippen LogP) is 4.07. The van der Waals surface area contributed by atoms with Crippen molar-refractivity contribution in [1.29, 1.82) is 0 Å². The molecule has 2 aromatic rings. The van der Waals surface area contributed by atoms with Crippen LogP contribution < -0.4 is 15.4 Å². The number of halogens is 2. The summed E-state index contributed by atoms with van der Waals surface area (Å²) in [5, 5.41) is 17.2. The van der Waals surface area contributed by atoms with Gasteiger partial charge in [-0.3, -0.25) is 9.59 Å². The summed E-state index contributed by atoms with van der Waals surface area (Å²) in [6.07, 6.45) is 1.08. The molecule has 7 nitrogen and oxygen atoms in total. The number of hydrogen-bond donors (Lipinski definition) is 3. The van der Waals surface area contributed by atoms with Gasteiger partial charge in [-0.15, -0.1) is 0 Å². The van der Waals surface area contributed by atoms with Gasteiger partial charge < -0.3 is 25.4 Å². The van der Waals surface area contributed by atoms with E-state index in [4.69, 9.17) is 4.74 Å². The molecule has 0 unspecified atom stereocenters. The van der Waals surface area contributed by atoms with Crippen LogP contribution in [0, 0.1) is 29.4 Å². The molecule has 5 atom stereocenters. The van der Waals surface area contributed by atoms with E-state index in [2.05, 4.69) is 10.6 Å². The zero-order valence-corrected chi connectivity index (χ0v) is 24.0. The SMILES string of the molecule is CCCN(CCC)C(=O)C[C@@H]1[C@@H](C)[C@H]1C(=O)N[C@@H](Cc1cc(F)cc(F)c1)[C@@H](O)CNCc1cccc(OC)c1. The fourth-order valence-corrected chi connectivity index (χ4v) is 5.36. The number of carbonyl (C=O) groups is 2. The Kier molecular flexibility index (Phi) is 11.9. The number of nitrogens with one attached hydrogen (secondary N) is 2. The summed E-state index contributed by atoms with van der Waals surface area (Å²) in [6.45, 7) is 8.03. The molecule has 0 spiro atoms. The summed E-state index contributed by atoms with van der Waals surface area (Å²) in [7, 11) is 1.59. The number of rotatable bonds is 16. The Morgan fingerprint density at radius 1 is 1.05 bits per heavy atom. The van der Waals surface area contributed by atoms with Crippen molar-refractivity contribution in [3.8, 4) is 5.75 Å². The molecule has 1 fully saturated rings. The first-order valence-electron chi connectivity index (χ1n) is 14.2. The molecule has 0 bridgehead atoms. The minimum absolute atomic E-state index is 0.0321. The molecule has 0 saturated heterocycles. The van der Waals surface area contributed by atoms with Crippen molar-refractivity contribution in [3.63, 3.8) is 0 Å². The molecule has 2 aromatic carbocycles. The monoisotopic (exact) mass is 559 g/mol. The van der Waals surface area contributed by atoms with Crippen LogP contribution in [-0.2, 0) is 22.6 Å². The molecule has 3 N–H and O–H groups in total. The molecular formula is C31H43F2N3O4. The second-order valence-electron chi connectivity index (χ2n) is 10.8. The lowest BCUT2D eigenvalue weighted by atomic mass is 10.00. The number of benzene rings is 2. The van der Waals surface area contributed by atoms with E-state index < -0.39 is 23.8 Å². The molecule has 0 aromatic heterocycles. The number of aliphatic hydroxyl groups is 1. The van der Waals surface area contributed by atoms with Gasteiger partial charge in [-0.25, -0.2) is 8.78 Å². The quantitative estimate of drug-likeness (QED) is 0.289. The number of hydrogen-bond acceptors (Lipinski definition) is 5. The summed E-state index contributed by atoms with van der Waals surface area (Å²) in [5.74, 6) is -1.30. The number of amides is 2. The van der Waals surface area contributed by atoms with E-state index in [-0.39, 0.29) is 42.5 Å². The lowest BCUT2D eigenvalue weighted by molar-refractivity contribution is -0.131. The number of ether oxygens (including phenoxy) is 1. The first-order chi connectivity index (χ1) is 19.2. The molecule has 0 radical (unpaired) electrons. The molecular weight excluding hydrogens is 516 g/mol. The van der Waals surface area contributed by atoms with Gasteiger partial charge in [0.1, 0.15) is 17.4 Å². The Hall–Kier alpha value is -3.04. The highest BCUT2D eigenvalue weighted by Gasteiger charge is 2.52. The van der Waals surface area contributed by atoms with Crippen molar-refractivity contribution in [3.05, 3.63) is 65.2 Å². The Bertz CT molecular complexity index is 1110.